The quantitative estimate of drug-likeness (QED) is 0.640. The zero-order chi connectivity index (χ0) is 17.9. The van der Waals surface area contributed by atoms with Crippen LogP contribution in [-0.4, -0.2) is 18.5 Å². The fourth-order valence-corrected chi connectivity index (χ4v) is 3.00. The van der Waals surface area contributed by atoms with Crippen LogP contribution in [0.2, 0.25) is 0 Å². The highest BCUT2D eigenvalue weighted by Gasteiger charge is 2.38. The number of benzene rings is 2. The normalized spacial score (nSPS) is 22.3. The molecule has 25 heavy (non-hydrogen) atoms. The van der Waals surface area contributed by atoms with Crippen molar-refractivity contribution in [2.75, 3.05) is 18.2 Å². The van der Waals surface area contributed by atoms with Crippen LogP contribution in [0.15, 0.2) is 78.5 Å². The van der Waals surface area contributed by atoms with Crippen LogP contribution in [0.4, 0.5) is 11.4 Å². The lowest BCUT2D eigenvalue weighted by Crippen LogP contribution is -2.41. The molecule has 0 radical (unpaired) electrons. The van der Waals surface area contributed by atoms with Crippen LogP contribution < -0.4 is 11.1 Å². The Kier molecular flexibility index (Phi) is 4.72. The van der Waals surface area contributed by atoms with Gasteiger partial charge in [-0.1, -0.05) is 48.5 Å². The number of anilines is 2. The first-order valence-corrected chi connectivity index (χ1v) is 8.20. The Balaban J connectivity index is 1.87. The Labute approximate surface area is 148 Å². The maximum Gasteiger partial charge on any atom is 0.172 e. The summed E-state index contributed by atoms with van der Waals surface area (Å²) in [5, 5.41) is 3.30. The molecule has 2 unspecified atom stereocenters. The van der Waals surface area contributed by atoms with Gasteiger partial charge in [-0.3, -0.25) is 4.79 Å². The molecule has 0 bridgehead atoms. The number of hydrogen-bond acceptors (Lipinski definition) is 4. The maximum atomic E-state index is 12.9. The second-order valence-corrected chi connectivity index (χ2v) is 6.27. The van der Waals surface area contributed by atoms with Crippen molar-refractivity contribution in [2.45, 2.75) is 12.5 Å². The summed E-state index contributed by atoms with van der Waals surface area (Å²) in [5.41, 5.74) is 8.26. The van der Waals surface area contributed by atoms with Crippen LogP contribution in [0.1, 0.15) is 17.3 Å². The van der Waals surface area contributed by atoms with Crippen LogP contribution in [0.25, 0.3) is 0 Å². The first kappa shape index (κ1) is 17.0. The average molecular weight is 334 g/mol. The molecule has 1 aliphatic carbocycles. The lowest BCUT2D eigenvalue weighted by molar-refractivity contribution is 0.0144. The summed E-state index contributed by atoms with van der Waals surface area (Å²) in [7, 11) is 1.62. The van der Waals surface area contributed by atoms with E-state index in [1.54, 1.807) is 7.11 Å². The summed E-state index contributed by atoms with van der Waals surface area (Å²) >= 11 is 0. The van der Waals surface area contributed by atoms with Crippen molar-refractivity contribution in [2.24, 2.45) is 5.92 Å². The van der Waals surface area contributed by atoms with E-state index in [0.717, 1.165) is 11.4 Å². The van der Waals surface area contributed by atoms with Crippen LogP contribution in [0.3, 0.4) is 0 Å². The van der Waals surface area contributed by atoms with E-state index >= 15 is 0 Å². The number of nitrogens with one attached hydrogen (secondary N) is 1. The van der Waals surface area contributed by atoms with Crippen molar-refractivity contribution in [3.63, 3.8) is 0 Å². The van der Waals surface area contributed by atoms with Gasteiger partial charge in [-0.15, -0.1) is 0 Å². The second-order valence-electron chi connectivity index (χ2n) is 6.27. The number of hydrogen-bond donors (Lipinski definition) is 2. The molecule has 128 valence electrons. The molecule has 2 aromatic carbocycles. The first-order valence-electron chi connectivity index (χ1n) is 8.20. The fourth-order valence-electron chi connectivity index (χ4n) is 3.00. The van der Waals surface area contributed by atoms with Crippen molar-refractivity contribution in [3.05, 3.63) is 84.1 Å². The van der Waals surface area contributed by atoms with Gasteiger partial charge in [0.15, 0.2) is 5.78 Å². The number of carbonyl (C=O) groups excluding carboxylic acids is 1. The van der Waals surface area contributed by atoms with Crippen molar-refractivity contribution < 1.29 is 9.53 Å². The van der Waals surface area contributed by atoms with Crippen molar-refractivity contribution in [3.8, 4) is 0 Å². The number of nitrogens with two attached hydrogens (primary N) is 1. The van der Waals surface area contributed by atoms with E-state index in [9.17, 15) is 4.79 Å². The van der Waals surface area contributed by atoms with Gasteiger partial charge in [-0.2, -0.15) is 0 Å². The van der Waals surface area contributed by atoms with Crippen molar-refractivity contribution in [1.82, 2.24) is 0 Å². The summed E-state index contributed by atoms with van der Waals surface area (Å²) in [6, 6.07) is 16.8. The molecule has 4 heteroatoms. The number of Topliss-reactive ketones (excluding diaryl/α,β-unsaturated/α-hetero) is 1. The van der Waals surface area contributed by atoms with E-state index < -0.39 is 11.5 Å². The minimum absolute atomic E-state index is 0.0377. The largest absolute Gasteiger partial charge is 0.397 e. The van der Waals surface area contributed by atoms with Gasteiger partial charge in [0.2, 0.25) is 0 Å². The monoisotopic (exact) mass is 334 g/mol. The molecule has 3 N–H and O–H groups in total. The van der Waals surface area contributed by atoms with E-state index in [0.29, 0.717) is 11.3 Å². The predicted molar refractivity (Wildman–Crippen MR) is 101 cm³/mol. The first-order chi connectivity index (χ1) is 12.0. The zero-order valence-electron chi connectivity index (χ0n) is 14.4. The molecule has 0 saturated heterocycles. The molecule has 0 amide bonds. The minimum Gasteiger partial charge on any atom is -0.397 e. The number of allylic oxidation sites excluding steroid dienone is 1. The highest BCUT2D eigenvalue weighted by atomic mass is 16.5. The minimum atomic E-state index is -0.743. The van der Waals surface area contributed by atoms with Crippen molar-refractivity contribution >= 4 is 17.2 Å². The molecular weight excluding hydrogens is 312 g/mol. The number of methoxy groups -OCH3 is 1. The Bertz CT molecular complexity index is 827. The number of rotatable bonds is 5. The Morgan fingerprint density at radius 3 is 2.48 bits per heavy atom. The van der Waals surface area contributed by atoms with Gasteiger partial charge in [0, 0.05) is 18.4 Å². The molecule has 4 nitrogen and oxygen atoms in total. The van der Waals surface area contributed by atoms with E-state index in [4.69, 9.17) is 10.5 Å². The molecule has 0 aliphatic heterocycles. The molecule has 0 spiro atoms. The molecular formula is C21H22N2O2. The smallest absolute Gasteiger partial charge is 0.172 e. The van der Waals surface area contributed by atoms with Gasteiger partial charge in [-0.05, 0) is 31.2 Å². The van der Waals surface area contributed by atoms with Gasteiger partial charge in [0.05, 0.1) is 22.9 Å². The molecule has 2 atom stereocenters. The summed E-state index contributed by atoms with van der Waals surface area (Å²) in [6.07, 6.45) is 5.73. The standard InChI is InChI=1S/C21H22N2O2/c1-21(25-2)14-16(23-19-11-7-6-10-18(19)22)12-13-17(21)20(24)15-8-4-3-5-9-15/h3-14,17,23H,22H2,1-2H3. The molecule has 2 aromatic rings. The third-order valence-corrected chi connectivity index (χ3v) is 4.55. The van der Waals surface area contributed by atoms with E-state index in [1.165, 1.54) is 0 Å². The van der Waals surface area contributed by atoms with Crippen LogP contribution in [0.5, 0.6) is 0 Å². The van der Waals surface area contributed by atoms with Crippen molar-refractivity contribution in [1.29, 1.82) is 0 Å². The van der Waals surface area contributed by atoms with E-state index in [2.05, 4.69) is 5.32 Å². The maximum absolute atomic E-state index is 12.9. The van der Waals surface area contributed by atoms with E-state index in [-0.39, 0.29) is 5.78 Å². The van der Waals surface area contributed by atoms with Gasteiger partial charge in [-0.25, -0.2) is 0 Å². The zero-order valence-corrected chi connectivity index (χ0v) is 14.4. The Hall–Kier alpha value is -2.85. The molecule has 0 aromatic heterocycles. The third-order valence-electron chi connectivity index (χ3n) is 4.55. The highest BCUT2D eigenvalue weighted by Crippen LogP contribution is 2.33. The lowest BCUT2D eigenvalue weighted by atomic mass is 9.79. The second kappa shape index (κ2) is 6.95. The van der Waals surface area contributed by atoms with Crippen LogP contribution in [-0.2, 0) is 4.74 Å². The summed E-state index contributed by atoms with van der Waals surface area (Å²) in [5.74, 6) is -0.353. The van der Waals surface area contributed by atoms with E-state index in [1.807, 2.05) is 79.7 Å². The average Bonchev–Trinajstić information content (AvgIpc) is 2.64. The number of para-hydroxylation sites is 2. The molecule has 0 heterocycles. The summed E-state index contributed by atoms with van der Waals surface area (Å²) in [4.78, 5) is 12.9. The van der Waals surface area contributed by atoms with Gasteiger partial charge in [0.1, 0.15) is 0 Å². The SMILES string of the molecule is COC1(C)C=C(Nc2ccccc2N)C=CC1C(=O)c1ccccc1. The molecule has 1 aliphatic rings. The summed E-state index contributed by atoms with van der Waals surface area (Å²) < 4.78 is 5.71. The van der Waals surface area contributed by atoms with Gasteiger partial charge >= 0.3 is 0 Å². The molecule has 0 saturated carbocycles. The van der Waals surface area contributed by atoms with Crippen LogP contribution >= 0.6 is 0 Å². The number of nitrogen functional groups attached to an aromatic ring is 1. The van der Waals surface area contributed by atoms with Gasteiger partial charge < -0.3 is 15.8 Å². The molecule has 3 rings (SSSR count). The predicted octanol–water partition coefficient (Wildman–Crippen LogP) is 4.04. The lowest BCUT2D eigenvalue weighted by Gasteiger charge is -2.34. The number of carbonyl (C=O) groups is 1. The Morgan fingerprint density at radius 1 is 1.12 bits per heavy atom. The third kappa shape index (κ3) is 3.49. The molecule has 0 fully saturated rings. The fraction of sp³-hybridized carbons (Fsp3) is 0.190. The summed E-state index contributed by atoms with van der Waals surface area (Å²) in [6.45, 7) is 1.91. The number of ether oxygens (including phenoxy) is 1. The topological polar surface area (TPSA) is 64.3 Å². The van der Waals surface area contributed by atoms with Crippen LogP contribution in [0, 0.1) is 5.92 Å². The highest BCUT2D eigenvalue weighted by molar-refractivity contribution is 6.00. The Morgan fingerprint density at radius 2 is 1.80 bits per heavy atom. The number of ketones is 1. The van der Waals surface area contributed by atoms with Gasteiger partial charge in [0.25, 0.3) is 0 Å².